The van der Waals surface area contributed by atoms with Crippen molar-refractivity contribution in [1.82, 2.24) is 0 Å². The second-order valence-electron chi connectivity index (χ2n) is 7.04. The van der Waals surface area contributed by atoms with Crippen molar-refractivity contribution in [2.75, 3.05) is 11.5 Å². The van der Waals surface area contributed by atoms with Crippen molar-refractivity contribution >= 4 is 28.7 Å². The Balaban J connectivity index is 1.84. The zero-order valence-corrected chi connectivity index (χ0v) is 16.1. The Labute approximate surface area is 169 Å². The molecule has 0 radical (unpaired) electrons. The van der Waals surface area contributed by atoms with Crippen LogP contribution < -0.4 is 11.5 Å². The molecule has 4 N–H and O–H groups in total. The second kappa shape index (κ2) is 8.52. The molecule has 0 atom stereocenters. The summed E-state index contributed by atoms with van der Waals surface area (Å²) in [6.07, 6.45) is 0.266. The maximum Gasteiger partial charge on any atom is 0.167 e. The van der Waals surface area contributed by atoms with Crippen molar-refractivity contribution in [3.8, 4) is 0 Å². The molecule has 0 amide bonds. The van der Waals surface area contributed by atoms with Gasteiger partial charge in [-0.3, -0.25) is 14.4 Å². The highest BCUT2D eigenvalue weighted by molar-refractivity contribution is 6.00. The Bertz CT molecular complexity index is 991. The fraction of sp³-hybridized carbons (Fsp3) is 0.125. The number of ketones is 3. The van der Waals surface area contributed by atoms with Crippen LogP contribution in [0.4, 0.5) is 11.4 Å². The number of benzene rings is 3. The summed E-state index contributed by atoms with van der Waals surface area (Å²) in [5.41, 5.74) is 15.5. The van der Waals surface area contributed by atoms with Crippen LogP contribution in [0.25, 0.3) is 0 Å². The molecule has 0 unspecified atom stereocenters. The first-order chi connectivity index (χ1) is 13.8. The molecule has 0 spiro atoms. The lowest BCUT2D eigenvalue weighted by Gasteiger charge is -2.09. The molecular formula is C24H22N2O3. The largest absolute Gasteiger partial charge is 0.399 e. The van der Waals surface area contributed by atoms with Crippen molar-refractivity contribution in [1.29, 1.82) is 0 Å². The molecule has 29 heavy (non-hydrogen) atoms. The van der Waals surface area contributed by atoms with Crippen LogP contribution >= 0.6 is 0 Å². The summed E-state index contributed by atoms with van der Waals surface area (Å²) in [5, 5.41) is 0. The zero-order valence-electron chi connectivity index (χ0n) is 16.1. The third-order valence-electron chi connectivity index (χ3n) is 4.65. The summed E-state index contributed by atoms with van der Waals surface area (Å²) in [6, 6.07) is 18.6. The fourth-order valence-electron chi connectivity index (χ4n) is 3.08. The number of carbonyl (C=O) groups excluding carboxylic acids is 3. The summed E-state index contributed by atoms with van der Waals surface area (Å²) < 4.78 is 0. The van der Waals surface area contributed by atoms with Gasteiger partial charge in [0.15, 0.2) is 17.3 Å². The Morgan fingerprint density at radius 2 is 1.00 bits per heavy atom. The maximum absolute atomic E-state index is 12.6. The molecule has 0 aliphatic rings. The van der Waals surface area contributed by atoms with Crippen LogP contribution in [-0.2, 0) is 12.8 Å². The van der Waals surface area contributed by atoms with E-state index in [0.717, 1.165) is 0 Å². The Morgan fingerprint density at radius 1 is 0.621 bits per heavy atom. The number of nitrogen functional groups attached to an aromatic ring is 2. The van der Waals surface area contributed by atoms with Gasteiger partial charge in [0.05, 0.1) is 0 Å². The Hall–Kier alpha value is -3.73. The third-order valence-corrected chi connectivity index (χ3v) is 4.65. The van der Waals surface area contributed by atoms with Gasteiger partial charge in [0.1, 0.15) is 0 Å². The minimum atomic E-state index is -0.118. The molecule has 0 aromatic heterocycles. The van der Waals surface area contributed by atoms with Crippen LogP contribution in [0.5, 0.6) is 0 Å². The number of rotatable bonds is 7. The highest BCUT2D eigenvalue weighted by Gasteiger charge is 2.13. The van der Waals surface area contributed by atoms with Gasteiger partial charge in [-0.2, -0.15) is 0 Å². The van der Waals surface area contributed by atoms with Crippen molar-refractivity contribution in [3.05, 3.63) is 94.5 Å². The first kappa shape index (κ1) is 20.0. The molecule has 5 heteroatoms. The predicted octanol–water partition coefficient (Wildman–Crippen LogP) is 3.90. The van der Waals surface area contributed by atoms with Gasteiger partial charge in [-0.05, 0) is 78.7 Å². The Morgan fingerprint density at radius 3 is 1.34 bits per heavy atom. The molecule has 0 heterocycles. The van der Waals surface area contributed by atoms with E-state index in [1.54, 1.807) is 66.7 Å². The topological polar surface area (TPSA) is 103 Å². The van der Waals surface area contributed by atoms with Gasteiger partial charge < -0.3 is 11.5 Å². The third kappa shape index (κ3) is 5.17. The standard InChI is InChI=1S/C24H22N2O3/c1-15(27)20-11-16(13-23(28)18-2-6-21(25)7-3-18)10-17(12-20)14-24(29)19-4-8-22(26)9-5-19/h2-12H,13-14,25-26H2,1H3. The van der Waals surface area contributed by atoms with Gasteiger partial charge in [0, 0.05) is 40.9 Å². The SMILES string of the molecule is CC(=O)c1cc(CC(=O)c2ccc(N)cc2)cc(CC(=O)c2ccc(N)cc2)c1. The van der Waals surface area contributed by atoms with Crippen molar-refractivity contribution in [3.63, 3.8) is 0 Å². The average molecular weight is 386 g/mol. The molecule has 0 saturated heterocycles. The lowest BCUT2D eigenvalue weighted by atomic mass is 9.94. The molecule has 0 aliphatic heterocycles. The number of Topliss-reactive ketones (excluding diaryl/α,β-unsaturated/α-hetero) is 3. The van der Waals surface area contributed by atoms with Gasteiger partial charge >= 0.3 is 0 Å². The fourth-order valence-corrected chi connectivity index (χ4v) is 3.08. The minimum Gasteiger partial charge on any atom is -0.399 e. The smallest absolute Gasteiger partial charge is 0.167 e. The Kier molecular flexibility index (Phi) is 5.88. The first-order valence-corrected chi connectivity index (χ1v) is 9.23. The number of hydrogen-bond donors (Lipinski definition) is 2. The number of hydrogen-bond acceptors (Lipinski definition) is 5. The van der Waals surface area contributed by atoms with Gasteiger partial charge in [0.25, 0.3) is 0 Å². The first-order valence-electron chi connectivity index (χ1n) is 9.23. The van der Waals surface area contributed by atoms with E-state index in [-0.39, 0.29) is 30.2 Å². The van der Waals surface area contributed by atoms with Crippen molar-refractivity contribution < 1.29 is 14.4 Å². The van der Waals surface area contributed by atoms with E-state index in [1.165, 1.54) is 6.92 Å². The van der Waals surface area contributed by atoms with Crippen molar-refractivity contribution in [2.24, 2.45) is 0 Å². The van der Waals surface area contributed by atoms with Gasteiger partial charge in [0.2, 0.25) is 0 Å². The molecule has 5 nitrogen and oxygen atoms in total. The second-order valence-corrected chi connectivity index (χ2v) is 7.04. The summed E-state index contributed by atoms with van der Waals surface area (Å²) in [6.45, 7) is 1.46. The van der Waals surface area contributed by atoms with Crippen LogP contribution in [0.2, 0.25) is 0 Å². The molecule has 3 rings (SSSR count). The maximum atomic E-state index is 12.6. The van der Waals surface area contributed by atoms with Crippen LogP contribution in [0.15, 0.2) is 66.7 Å². The highest BCUT2D eigenvalue weighted by Crippen LogP contribution is 2.17. The van der Waals surface area contributed by atoms with Crippen LogP contribution in [0, 0.1) is 0 Å². The average Bonchev–Trinajstić information content (AvgIpc) is 2.68. The van der Waals surface area contributed by atoms with E-state index in [2.05, 4.69) is 0 Å². The van der Waals surface area contributed by atoms with E-state index in [4.69, 9.17) is 11.5 Å². The molecule has 0 aliphatic carbocycles. The van der Waals surface area contributed by atoms with Gasteiger partial charge in [-0.15, -0.1) is 0 Å². The highest BCUT2D eigenvalue weighted by atomic mass is 16.1. The normalized spacial score (nSPS) is 10.5. The molecule has 0 fully saturated rings. The molecule has 0 bridgehead atoms. The summed E-state index contributed by atoms with van der Waals surface area (Å²) in [7, 11) is 0. The quantitative estimate of drug-likeness (QED) is 0.473. The molecule has 0 saturated carbocycles. The molecule has 146 valence electrons. The molecule has 3 aromatic rings. The molecular weight excluding hydrogens is 364 g/mol. The monoisotopic (exact) mass is 386 g/mol. The van der Waals surface area contributed by atoms with E-state index in [0.29, 0.717) is 39.2 Å². The van der Waals surface area contributed by atoms with Gasteiger partial charge in [-0.1, -0.05) is 6.07 Å². The zero-order chi connectivity index (χ0) is 21.0. The van der Waals surface area contributed by atoms with Gasteiger partial charge in [-0.25, -0.2) is 0 Å². The van der Waals surface area contributed by atoms with E-state index in [1.807, 2.05) is 0 Å². The van der Waals surface area contributed by atoms with Crippen LogP contribution in [0.1, 0.15) is 49.1 Å². The predicted molar refractivity (Wildman–Crippen MR) is 114 cm³/mol. The van der Waals surface area contributed by atoms with E-state index >= 15 is 0 Å². The van der Waals surface area contributed by atoms with Crippen LogP contribution in [-0.4, -0.2) is 17.3 Å². The summed E-state index contributed by atoms with van der Waals surface area (Å²) in [4.78, 5) is 37.1. The van der Waals surface area contributed by atoms with E-state index in [9.17, 15) is 14.4 Å². The number of nitrogens with two attached hydrogens (primary N) is 2. The lowest BCUT2D eigenvalue weighted by molar-refractivity contribution is 0.0986. The lowest BCUT2D eigenvalue weighted by Crippen LogP contribution is -2.08. The van der Waals surface area contributed by atoms with Crippen LogP contribution in [0.3, 0.4) is 0 Å². The number of carbonyl (C=O) groups is 3. The summed E-state index contributed by atoms with van der Waals surface area (Å²) >= 11 is 0. The van der Waals surface area contributed by atoms with E-state index < -0.39 is 0 Å². The molecule has 3 aromatic carbocycles. The van der Waals surface area contributed by atoms with Crippen molar-refractivity contribution in [2.45, 2.75) is 19.8 Å². The minimum absolute atomic E-state index is 0.0819. The summed E-state index contributed by atoms with van der Waals surface area (Å²) in [5.74, 6) is -0.281. The number of anilines is 2.